The van der Waals surface area contributed by atoms with Gasteiger partial charge in [0, 0.05) is 17.8 Å². The molecule has 0 saturated heterocycles. The van der Waals surface area contributed by atoms with Gasteiger partial charge >= 0.3 is 0 Å². The number of benzene rings is 1. The Balaban J connectivity index is 2.63. The van der Waals surface area contributed by atoms with Gasteiger partial charge in [-0.05, 0) is 12.0 Å². The first kappa shape index (κ1) is 13.9. The smallest absolute Gasteiger partial charge is 0.280 e. The lowest BCUT2D eigenvalue weighted by Crippen LogP contribution is -2.11. The summed E-state index contributed by atoms with van der Waals surface area (Å²) in [5.41, 5.74) is 3.57. The number of nitro benzene ring substituents is 1. The number of aromatic nitrogens is 2. The Bertz CT molecular complexity index is 642. The van der Waals surface area contributed by atoms with Crippen LogP contribution in [0.2, 0.25) is 0 Å². The minimum atomic E-state index is -0.448. The summed E-state index contributed by atoms with van der Waals surface area (Å²) in [5.74, 6) is 6.26. The largest absolute Gasteiger partial charge is 0.308 e. The van der Waals surface area contributed by atoms with E-state index in [-0.39, 0.29) is 17.4 Å². The summed E-state index contributed by atoms with van der Waals surface area (Å²) in [4.78, 5) is 19.2. The Labute approximate surface area is 116 Å². The predicted molar refractivity (Wildman–Crippen MR) is 76.0 cm³/mol. The van der Waals surface area contributed by atoms with Crippen LogP contribution in [0.4, 0.5) is 11.5 Å². The lowest BCUT2D eigenvalue weighted by molar-refractivity contribution is -0.384. The lowest BCUT2D eigenvalue weighted by Gasteiger charge is -2.10. The van der Waals surface area contributed by atoms with Crippen LogP contribution in [0.3, 0.4) is 0 Å². The SMILES string of the molecule is CC(C)c1cc(NN)nc(-c2ccccc2[N+](=O)[O-])n1. The highest BCUT2D eigenvalue weighted by atomic mass is 16.6. The third-order valence-electron chi connectivity index (χ3n) is 2.83. The topological polar surface area (TPSA) is 107 Å². The monoisotopic (exact) mass is 273 g/mol. The van der Waals surface area contributed by atoms with Crippen LogP contribution in [0.25, 0.3) is 11.4 Å². The van der Waals surface area contributed by atoms with E-state index >= 15 is 0 Å². The molecule has 0 spiro atoms. The average molecular weight is 273 g/mol. The van der Waals surface area contributed by atoms with Crippen LogP contribution in [0, 0.1) is 10.1 Å². The number of hydrazine groups is 1. The lowest BCUT2D eigenvalue weighted by atomic mass is 10.1. The van der Waals surface area contributed by atoms with Gasteiger partial charge < -0.3 is 5.43 Å². The van der Waals surface area contributed by atoms with E-state index in [1.54, 1.807) is 24.3 Å². The van der Waals surface area contributed by atoms with Crippen LogP contribution in [0.15, 0.2) is 30.3 Å². The number of hydrogen-bond acceptors (Lipinski definition) is 6. The van der Waals surface area contributed by atoms with Crippen molar-refractivity contribution in [2.24, 2.45) is 5.84 Å². The van der Waals surface area contributed by atoms with Crippen LogP contribution in [-0.2, 0) is 0 Å². The van der Waals surface area contributed by atoms with Gasteiger partial charge in [-0.25, -0.2) is 15.8 Å². The second-order valence-corrected chi connectivity index (χ2v) is 4.57. The molecule has 0 aliphatic rings. The molecule has 0 atom stereocenters. The Morgan fingerprint density at radius 3 is 2.60 bits per heavy atom. The van der Waals surface area contributed by atoms with E-state index in [2.05, 4.69) is 15.4 Å². The molecule has 2 rings (SSSR count). The van der Waals surface area contributed by atoms with E-state index in [1.807, 2.05) is 13.8 Å². The highest BCUT2D eigenvalue weighted by Gasteiger charge is 2.18. The fraction of sp³-hybridized carbons (Fsp3) is 0.231. The third-order valence-corrected chi connectivity index (χ3v) is 2.83. The Morgan fingerprint density at radius 1 is 1.30 bits per heavy atom. The third kappa shape index (κ3) is 2.72. The zero-order valence-electron chi connectivity index (χ0n) is 11.2. The summed E-state index contributed by atoms with van der Waals surface area (Å²) in [6.07, 6.45) is 0. The molecule has 2 aromatic rings. The van der Waals surface area contributed by atoms with Gasteiger partial charge in [-0.3, -0.25) is 10.1 Å². The molecule has 1 aromatic heterocycles. The fourth-order valence-electron chi connectivity index (χ4n) is 1.78. The van der Waals surface area contributed by atoms with E-state index in [4.69, 9.17) is 5.84 Å². The van der Waals surface area contributed by atoms with Crippen molar-refractivity contribution in [2.75, 3.05) is 5.43 Å². The number of nitrogens with two attached hydrogens (primary N) is 1. The van der Waals surface area contributed by atoms with E-state index in [0.29, 0.717) is 11.4 Å². The van der Waals surface area contributed by atoms with Crippen LogP contribution in [0.5, 0.6) is 0 Å². The van der Waals surface area contributed by atoms with Crippen LogP contribution < -0.4 is 11.3 Å². The molecule has 0 saturated carbocycles. The molecule has 20 heavy (non-hydrogen) atoms. The van der Waals surface area contributed by atoms with Crippen molar-refractivity contribution in [3.63, 3.8) is 0 Å². The molecule has 0 aliphatic carbocycles. The van der Waals surface area contributed by atoms with Gasteiger partial charge in [0.05, 0.1) is 10.5 Å². The van der Waals surface area contributed by atoms with E-state index in [1.165, 1.54) is 6.07 Å². The highest BCUT2D eigenvalue weighted by molar-refractivity contribution is 5.68. The number of nitrogens with zero attached hydrogens (tertiary/aromatic N) is 3. The fourth-order valence-corrected chi connectivity index (χ4v) is 1.78. The van der Waals surface area contributed by atoms with E-state index < -0.39 is 4.92 Å². The molecule has 1 aromatic carbocycles. The number of nitro groups is 1. The summed E-state index contributed by atoms with van der Waals surface area (Å²) >= 11 is 0. The second kappa shape index (κ2) is 5.62. The molecule has 0 unspecified atom stereocenters. The van der Waals surface area contributed by atoms with Crippen LogP contribution in [0.1, 0.15) is 25.5 Å². The molecular formula is C13H15N5O2. The van der Waals surface area contributed by atoms with Crippen molar-refractivity contribution in [3.05, 3.63) is 46.1 Å². The zero-order valence-corrected chi connectivity index (χ0v) is 11.2. The first-order valence-corrected chi connectivity index (χ1v) is 6.12. The van der Waals surface area contributed by atoms with E-state index in [9.17, 15) is 10.1 Å². The summed E-state index contributed by atoms with van der Waals surface area (Å²) in [6, 6.07) is 8.09. The predicted octanol–water partition coefficient (Wildman–Crippen LogP) is 2.46. The van der Waals surface area contributed by atoms with Gasteiger partial charge in [0.2, 0.25) is 0 Å². The van der Waals surface area contributed by atoms with Gasteiger partial charge in [0.25, 0.3) is 5.69 Å². The number of rotatable bonds is 4. The summed E-state index contributed by atoms with van der Waals surface area (Å²) in [7, 11) is 0. The van der Waals surface area contributed by atoms with Gasteiger partial charge in [-0.15, -0.1) is 0 Å². The Kier molecular flexibility index (Phi) is 3.90. The van der Waals surface area contributed by atoms with Crippen molar-refractivity contribution in [3.8, 4) is 11.4 Å². The number of hydrogen-bond donors (Lipinski definition) is 2. The van der Waals surface area contributed by atoms with Crippen molar-refractivity contribution in [1.82, 2.24) is 9.97 Å². The maximum absolute atomic E-state index is 11.1. The Hall–Kier alpha value is -2.54. The molecule has 0 bridgehead atoms. The molecule has 0 amide bonds. The van der Waals surface area contributed by atoms with Crippen molar-refractivity contribution in [2.45, 2.75) is 19.8 Å². The van der Waals surface area contributed by atoms with Gasteiger partial charge in [-0.2, -0.15) is 0 Å². The minimum absolute atomic E-state index is 0.0311. The van der Waals surface area contributed by atoms with Crippen molar-refractivity contribution in [1.29, 1.82) is 0 Å². The maximum Gasteiger partial charge on any atom is 0.280 e. The minimum Gasteiger partial charge on any atom is -0.308 e. The quantitative estimate of drug-likeness (QED) is 0.503. The molecule has 3 N–H and O–H groups in total. The molecule has 0 aliphatic heterocycles. The van der Waals surface area contributed by atoms with Gasteiger partial charge in [-0.1, -0.05) is 26.0 Å². The van der Waals surface area contributed by atoms with Crippen molar-refractivity contribution >= 4 is 11.5 Å². The summed E-state index contributed by atoms with van der Waals surface area (Å²) in [5, 5.41) is 11.1. The Morgan fingerprint density at radius 2 is 2.00 bits per heavy atom. The van der Waals surface area contributed by atoms with Gasteiger partial charge in [0.15, 0.2) is 5.82 Å². The molecule has 0 radical (unpaired) electrons. The van der Waals surface area contributed by atoms with E-state index in [0.717, 1.165) is 5.69 Å². The molecule has 104 valence electrons. The highest BCUT2D eigenvalue weighted by Crippen LogP contribution is 2.28. The molecule has 0 fully saturated rings. The number of anilines is 1. The average Bonchev–Trinajstić information content (AvgIpc) is 2.46. The first-order chi connectivity index (χ1) is 9.52. The molecule has 7 nitrogen and oxygen atoms in total. The standard InChI is InChI=1S/C13H15N5O2/c1-8(2)10-7-12(17-14)16-13(15-10)9-5-3-4-6-11(9)18(19)20/h3-8H,14H2,1-2H3,(H,15,16,17). The molecule has 7 heteroatoms. The van der Waals surface area contributed by atoms with Crippen LogP contribution >= 0.6 is 0 Å². The molecule has 1 heterocycles. The second-order valence-electron chi connectivity index (χ2n) is 4.57. The molecular weight excluding hydrogens is 258 g/mol. The first-order valence-electron chi connectivity index (χ1n) is 6.12. The van der Waals surface area contributed by atoms with Crippen molar-refractivity contribution < 1.29 is 4.92 Å². The normalized spacial score (nSPS) is 10.6. The zero-order chi connectivity index (χ0) is 14.7. The number of para-hydroxylation sites is 1. The summed E-state index contributed by atoms with van der Waals surface area (Å²) < 4.78 is 0. The number of nitrogens with one attached hydrogen (secondary N) is 1. The van der Waals surface area contributed by atoms with Crippen LogP contribution in [-0.4, -0.2) is 14.9 Å². The summed E-state index contributed by atoms with van der Waals surface area (Å²) in [6.45, 7) is 3.96. The number of nitrogen functional groups attached to an aromatic ring is 1. The van der Waals surface area contributed by atoms with Gasteiger partial charge in [0.1, 0.15) is 5.82 Å². The maximum atomic E-state index is 11.1.